The van der Waals surface area contributed by atoms with E-state index in [9.17, 15) is 0 Å². The number of hydrogen-bond acceptors (Lipinski definition) is 1. The minimum Gasteiger partial charge on any atom is -0.351 e. The predicted molar refractivity (Wildman–Crippen MR) is 151 cm³/mol. The van der Waals surface area contributed by atoms with E-state index in [2.05, 4.69) is 139 Å². The van der Waals surface area contributed by atoms with Crippen molar-refractivity contribution in [3.63, 3.8) is 0 Å². The first-order valence-corrected chi connectivity index (χ1v) is 14.8. The van der Waals surface area contributed by atoms with Crippen LogP contribution in [0.4, 0.5) is 5.69 Å². The molecule has 1 N–H and O–H groups in total. The molecule has 0 saturated carbocycles. The first-order valence-electron chi connectivity index (χ1n) is 10.4. The van der Waals surface area contributed by atoms with Crippen molar-refractivity contribution in [2.75, 3.05) is 5.09 Å². The molecule has 5 rings (SSSR count). The van der Waals surface area contributed by atoms with Gasteiger partial charge < -0.3 is 9.65 Å². The molecule has 0 spiro atoms. The van der Waals surface area contributed by atoms with E-state index < -0.39 is 6.19 Å². The second-order valence-electron chi connectivity index (χ2n) is 7.67. The molecule has 1 heterocycles. The second-order valence-corrected chi connectivity index (χ2v) is 13.6. The third-order valence-corrected chi connectivity index (χ3v) is 11.0. The molecule has 0 radical (unpaired) electrons. The van der Waals surface area contributed by atoms with Crippen molar-refractivity contribution in [2.45, 2.75) is 13.5 Å². The lowest BCUT2D eigenvalue weighted by Gasteiger charge is -2.26. The molecular formula is C26H21Br2N2PS. The quantitative estimate of drug-likeness (QED) is 0.213. The van der Waals surface area contributed by atoms with Crippen molar-refractivity contribution in [1.29, 1.82) is 0 Å². The Balaban J connectivity index is 1.67. The molecule has 6 heteroatoms. The van der Waals surface area contributed by atoms with E-state index in [1.165, 1.54) is 21.8 Å². The molecule has 0 fully saturated rings. The largest absolute Gasteiger partial charge is 0.351 e. The zero-order chi connectivity index (χ0) is 22.3. The molecule has 2 nitrogen and oxygen atoms in total. The van der Waals surface area contributed by atoms with E-state index in [0.717, 1.165) is 31.8 Å². The van der Waals surface area contributed by atoms with Crippen LogP contribution in [0.1, 0.15) is 6.92 Å². The average molecular weight is 584 g/mol. The third kappa shape index (κ3) is 3.86. The summed E-state index contributed by atoms with van der Waals surface area (Å²) in [7, 11) is 0. The molecule has 160 valence electrons. The van der Waals surface area contributed by atoms with Gasteiger partial charge in [0.25, 0.3) is 0 Å². The first-order chi connectivity index (χ1) is 15.5. The van der Waals surface area contributed by atoms with E-state index in [4.69, 9.17) is 11.8 Å². The van der Waals surface area contributed by atoms with Crippen LogP contribution in [-0.2, 0) is 18.4 Å². The highest BCUT2D eigenvalue weighted by Gasteiger charge is 2.23. The van der Waals surface area contributed by atoms with Crippen LogP contribution in [0.5, 0.6) is 0 Å². The number of aryl methyl sites for hydroxylation is 1. The number of hydrogen-bond donors (Lipinski definition) is 1. The molecule has 5 aromatic rings. The van der Waals surface area contributed by atoms with Crippen molar-refractivity contribution >= 4 is 88.0 Å². The van der Waals surface area contributed by atoms with Gasteiger partial charge >= 0.3 is 0 Å². The van der Waals surface area contributed by atoms with Gasteiger partial charge in [-0.1, -0.05) is 86.1 Å². The maximum absolute atomic E-state index is 6.41. The van der Waals surface area contributed by atoms with E-state index in [1.54, 1.807) is 0 Å². The van der Waals surface area contributed by atoms with E-state index >= 15 is 0 Å². The summed E-state index contributed by atoms with van der Waals surface area (Å²) in [6, 6.07) is 32.0. The second kappa shape index (κ2) is 8.79. The fourth-order valence-corrected chi connectivity index (χ4v) is 8.00. The molecular weight excluding hydrogens is 563 g/mol. The Bertz CT molecular complexity index is 1420. The fraction of sp³-hybridized carbons (Fsp3) is 0.0769. The minimum absolute atomic E-state index is 0.937. The molecule has 32 heavy (non-hydrogen) atoms. The number of anilines is 1. The number of nitrogens with zero attached hydrogens (tertiary/aromatic N) is 1. The summed E-state index contributed by atoms with van der Waals surface area (Å²) >= 11 is 13.5. The summed E-state index contributed by atoms with van der Waals surface area (Å²) in [5, 5.41) is 8.59. The number of para-hydroxylation sites is 1. The summed E-state index contributed by atoms with van der Waals surface area (Å²) in [6.45, 7) is 3.13. The number of halogens is 2. The van der Waals surface area contributed by atoms with Crippen LogP contribution in [-0.4, -0.2) is 4.57 Å². The average Bonchev–Trinajstić information content (AvgIpc) is 3.13. The van der Waals surface area contributed by atoms with Crippen LogP contribution in [0.15, 0.2) is 99.9 Å². The topological polar surface area (TPSA) is 17.0 Å². The summed E-state index contributed by atoms with van der Waals surface area (Å²) in [4.78, 5) is 0. The zero-order valence-electron chi connectivity index (χ0n) is 17.4. The van der Waals surface area contributed by atoms with Crippen molar-refractivity contribution in [3.8, 4) is 0 Å². The highest BCUT2D eigenvalue weighted by atomic mass is 79.9. The smallest absolute Gasteiger partial charge is 0.0903 e. The van der Waals surface area contributed by atoms with Crippen LogP contribution in [0, 0.1) is 0 Å². The van der Waals surface area contributed by atoms with Gasteiger partial charge in [0.2, 0.25) is 0 Å². The van der Waals surface area contributed by atoms with Crippen molar-refractivity contribution in [1.82, 2.24) is 4.57 Å². The lowest BCUT2D eigenvalue weighted by atomic mass is 10.1. The molecule has 0 aliphatic heterocycles. The Morgan fingerprint density at radius 2 is 1.31 bits per heavy atom. The molecule has 0 amide bonds. The van der Waals surface area contributed by atoms with Gasteiger partial charge in [-0.2, -0.15) is 0 Å². The van der Waals surface area contributed by atoms with Crippen LogP contribution >= 0.6 is 38.0 Å². The molecule has 0 aliphatic rings. The number of benzene rings is 4. The van der Waals surface area contributed by atoms with Crippen molar-refractivity contribution < 1.29 is 0 Å². The van der Waals surface area contributed by atoms with Gasteiger partial charge in [0.1, 0.15) is 0 Å². The molecule has 0 unspecified atom stereocenters. The standard InChI is InChI=1S/C26H21Br2N2PS/c1-2-30-25-6-4-3-5-23(25)24-17-20(11-16-26(24)30)29-31(32,21-12-7-18(27)8-13-21)22-14-9-19(28)10-15-22/h3-17H,2H2,1H3,(H,29,32). The van der Waals surface area contributed by atoms with E-state index in [-0.39, 0.29) is 0 Å². The van der Waals surface area contributed by atoms with E-state index in [1.807, 2.05) is 0 Å². The van der Waals surface area contributed by atoms with Crippen LogP contribution in [0.2, 0.25) is 0 Å². The Kier molecular flexibility index (Phi) is 6.02. The molecule has 0 bridgehead atoms. The summed E-state index contributed by atoms with van der Waals surface area (Å²) in [5.41, 5.74) is 3.56. The Hall–Kier alpha value is -1.91. The Labute approximate surface area is 210 Å². The lowest BCUT2D eigenvalue weighted by Crippen LogP contribution is -2.21. The van der Waals surface area contributed by atoms with Gasteiger partial charge in [0, 0.05) is 53.6 Å². The maximum Gasteiger partial charge on any atom is 0.0903 e. The molecule has 0 aliphatic carbocycles. The highest BCUT2D eigenvalue weighted by Crippen LogP contribution is 2.45. The van der Waals surface area contributed by atoms with Gasteiger partial charge in [-0.05, 0) is 55.5 Å². The number of fused-ring (bicyclic) bond motifs is 3. The number of rotatable bonds is 5. The van der Waals surface area contributed by atoms with Crippen molar-refractivity contribution in [3.05, 3.63) is 99.9 Å². The van der Waals surface area contributed by atoms with Gasteiger partial charge in [0.15, 0.2) is 0 Å². The Morgan fingerprint density at radius 3 is 1.91 bits per heavy atom. The van der Waals surface area contributed by atoms with Gasteiger partial charge in [-0.15, -0.1) is 0 Å². The molecule has 0 saturated heterocycles. The van der Waals surface area contributed by atoms with Gasteiger partial charge in [-0.25, -0.2) is 0 Å². The molecule has 4 aromatic carbocycles. The monoisotopic (exact) mass is 582 g/mol. The fourth-order valence-electron chi connectivity index (χ4n) is 4.23. The summed E-state index contributed by atoms with van der Waals surface area (Å²) in [5.74, 6) is 0. The van der Waals surface area contributed by atoms with Crippen molar-refractivity contribution in [2.24, 2.45) is 0 Å². The summed E-state index contributed by atoms with van der Waals surface area (Å²) < 4.78 is 4.47. The normalized spacial score (nSPS) is 11.8. The third-order valence-electron chi connectivity index (χ3n) is 5.76. The lowest BCUT2D eigenvalue weighted by molar-refractivity contribution is 0.827. The maximum atomic E-state index is 6.41. The zero-order valence-corrected chi connectivity index (χ0v) is 22.3. The van der Waals surface area contributed by atoms with Gasteiger partial charge in [0.05, 0.1) is 6.19 Å². The van der Waals surface area contributed by atoms with E-state index in [0.29, 0.717) is 0 Å². The minimum atomic E-state index is -2.29. The first kappa shape index (κ1) is 21.9. The van der Waals surface area contributed by atoms with Crippen LogP contribution < -0.4 is 15.7 Å². The van der Waals surface area contributed by atoms with Gasteiger partial charge in [-0.3, -0.25) is 0 Å². The number of nitrogens with one attached hydrogen (secondary N) is 1. The van der Waals surface area contributed by atoms with Crippen LogP contribution in [0.25, 0.3) is 21.8 Å². The SMILES string of the molecule is CCn1c2ccccc2c2cc(NP(=S)(c3ccc(Br)cc3)c3ccc(Br)cc3)ccc21. The number of aromatic nitrogens is 1. The summed E-state index contributed by atoms with van der Waals surface area (Å²) in [6.07, 6.45) is -2.29. The predicted octanol–water partition coefficient (Wildman–Crippen LogP) is 7.80. The molecule has 0 atom stereocenters. The Morgan fingerprint density at radius 1 is 0.750 bits per heavy atom. The van der Waals surface area contributed by atoms with Crippen LogP contribution in [0.3, 0.4) is 0 Å². The highest BCUT2D eigenvalue weighted by molar-refractivity contribution is 9.10. The molecule has 1 aromatic heterocycles.